The van der Waals surface area contributed by atoms with Crippen LogP contribution in [0.2, 0.25) is 0 Å². The molecule has 0 spiro atoms. The van der Waals surface area contributed by atoms with Crippen LogP contribution in [0.5, 0.6) is 0 Å². The van der Waals surface area contributed by atoms with Gasteiger partial charge in [-0.25, -0.2) is 35.4 Å². The first-order valence-corrected chi connectivity index (χ1v) is 14.8. The summed E-state index contributed by atoms with van der Waals surface area (Å²) in [6.07, 6.45) is 3.22. The van der Waals surface area contributed by atoms with Crippen LogP contribution in [0.15, 0.2) is 28.3 Å². The van der Waals surface area contributed by atoms with Crippen molar-refractivity contribution < 1.29 is 35.1 Å². The topological polar surface area (TPSA) is 64.4 Å². The van der Waals surface area contributed by atoms with E-state index in [0.29, 0.717) is 37.3 Å². The van der Waals surface area contributed by atoms with Crippen LogP contribution < -0.4 is 0 Å². The van der Waals surface area contributed by atoms with Crippen molar-refractivity contribution in [2.75, 3.05) is 19.7 Å². The number of halogens is 5. The van der Waals surface area contributed by atoms with Crippen LogP contribution in [-0.2, 0) is 27.1 Å². The second-order valence-electron chi connectivity index (χ2n) is 9.74. The molecule has 2 saturated heterocycles. The van der Waals surface area contributed by atoms with Crippen molar-refractivity contribution >= 4 is 32.8 Å². The molecule has 13 heteroatoms. The van der Waals surface area contributed by atoms with Crippen LogP contribution in [0.25, 0.3) is 11.0 Å². The van der Waals surface area contributed by atoms with E-state index >= 15 is 0 Å². The maximum Gasteiger partial charge on any atom is 0.243 e. The Bertz CT molecular complexity index is 1450. The van der Waals surface area contributed by atoms with E-state index < -0.39 is 50.4 Å². The lowest BCUT2D eigenvalue weighted by Gasteiger charge is -2.30. The summed E-state index contributed by atoms with van der Waals surface area (Å²) in [6.45, 7) is 3.79. The van der Waals surface area contributed by atoms with Gasteiger partial charge in [0.05, 0.1) is 28.6 Å². The molecule has 2 fully saturated rings. The highest BCUT2D eigenvalue weighted by Gasteiger charge is 2.30. The minimum atomic E-state index is -3.76. The molecule has 0 aliphatic carbocycles. The van der Waals surface area contributed by atoms with Crippen molar-refractivity contribution in [2.24, 2.45) is 5.92 Å². The zero-order valence-electron chi connectivity index (χ0n) is 20.5. The van der Waals surface area contributed by atoms with Crippen molar-refractivity contribution in [3.8, 4) is 0 Å². The van der Waals surface area contributed by atoms with Gasteiger partial charge in [-0.05, 0) is 49.8 Å². The molecule has 6 nitrogen and oxygen atoms in total. The molecule has 2 aliphatic heterocycles. The third-order valence-electron chi connectivity index (χ3n) is 7.00. The molecular weight excluding hydrogens is 549 g/mol. The molecule has 5 rings (SSSR count). The van der Waals surface area contributed by atoms with Crippen LogP contribution in [0.1, 0.15) is 38.2 Å². The lowest BCUT2D eigenvalue weighted by atomic mass is 10.0. The van der Waals surface area contributed by atoms with Gasteiger partial charge in [0, 0.05) is 31.0 Å². The number of nitrogens with zero attached hydrogens (tertiary/aromatic N) is 3. The Hall–Kier alpha value is -2.22. The molecule has 206 valence electrons. The van der Waals surface area contributed by atoms with E-state index in [1.165, 1.54) is 16.4 Å². The van der Waals surface area contributed by atoms with Crippen molar-refractivity contribution in [1.29, 1.82) is 0 Å². The number of benzene rings is 2. The smallest absolute Gasteiger partial charge is 0.243 e. The second kappa shape index (κ2) is 10.7. The number of hydrogen-bond donors (Lipinski definition) is 0. The summed E-state index contributed by atoms with van der Waals surface area (Å²) in [4.78, 5) is 4.59. The lowest BCUT2D eigenvalue weighted by molar-refractivity contribution is 0.0960. The highest BCUT2D eigenvalue weighted by atomic mass is 32.2. The van der Waals surface area contributed by atoms with Gasteiger partial charge in [-0.2, -0.15) is 4.31 Å². The Morgan fingerprint density at radius 2 is 1.74 bits per heavy atom. The number of ether oxygens (including phenoxy) is 1. The predicted molar refractivity (Wildman–Crippen MR) is 132 cm³/mol. The molecule has 2 aliphatic rings. The van der Waals surface area contributed by atoms with E-state index in [0.717, 1.165) is 37.4 Å². The summed E-state index contributed by atoms with van der Waals surface area (Å²) in [6, 6.07) is 4.58. The Kier molecular flexibility index (Phi) is 7.73. The van der Waals surface area contributed by atoms with E-state index in [9.17, 15) is 30.4 Å². The number of hydrogen-bond acceptors (Lipinski definition) is 5. The number of thioether (sulfide) groups is 1. The fourth-order valence-corrected chi connectivity index (χ4v) is 7.59. The number of rotatable bonds is 7. The van der Waals surface area contributed by atoms with Gasteiger partial charge in [0.1, 0.15) is 0 Å². The molecule has 2 atom stereocenters. The van der Waals surface area contributed by atoms with Gasteiger partial charge in [-0.3, -0.25) is 0 Å². The van der Waals surface area contributed by atoms with Crippen LogP contribution in [0.4, 0.5) is 22.0 Å². The predicted octanol–water partition coefficient (Wildman–Crippen LogP) is 5.62. The van der Waals surface area contributed by atoms with Crippen molar-refractivity contribution in [1.82, 2.24) is 13.9 Å². The monoisotopic (exact) mass is 575 g/mol. The highest BCUT2D eigenvalue weighted by Crippen LogP contribution is 2.33. The first kappa shape index (κ1) is 27.4. The maximum atomic E-state index is 14.3. The van der Waals surface area contributed by atoms with Gasteiger partial charge in [-0.15, -0.1) is 0 Å². The number of piperidine rings is 1. The third-order valence-corrected chi connectivity index (χ3v) is 9.86. The maximum absolute atomic E-state index is 14.3. The average molecular weight is 576 g/mol. The fraction of sp³-hybridized carbons (Fsp3) is 0.480. The molecule has 3 heterocycles. The number of fused-ring (bicyclic) bond motifs is 1. The quantitative estimate of drug-likeness (QED) is 0.158. The Labute approximate surface area is 221 Å². The molecule has 3 aromatic rings. The Morgan fingerprint density at radius 1 is 1.03 bits per heavy atom. The second-order valence-corrected chi connectivity index (χ2v) is 12.6. The summed E-state index contributed by atoms with van der Waals surface area (Å²) in [5.74, 6) is -10.3. The summed E-state index contributed by atoms with van der Waals surface area (Å²) in [7, 11) is -3.76. The van der Waals surface area contributed by atoms with Crippen molar-refractivity contribution in [2.45, 2.75) is 61.1 Å². The SMILES string of the molecule is C[C@H]1CCCN(S(=O)(=O)c2ccc3c(c2)nc(SCc2c(F)c(F)c(F)c(F)c2F)n3C[C@@H]2CCCO2)C1. The highest BCUT2D eigenvalue weighted by molar-refractivity contribution is 7.98. The van der Waals surface area contributed by atoms with E-state index in [1.807, 2.05) is 6.92 Å². The standard InChI is InChI=1S/C25H26F5N3O3S2/c1-14-4-2-8-32(11-14)38(34,35)16-6-7-19-18(10-16)31-25(33(19)12-15-5-3-9-36-15)37-13-17-20(26)22(28)24(30)23(29)21(17)27/h6-7,10,14-15H,2-5,8-9,11-13H2,1H3/t14-,15-/m0/s1. The van der Waals surface area contributed by atoms with Crippen LogP contribution in [-0.4, -0.2) is 48.1 Å². The summed E-state index contributed by atoms with van der Waals surface area (Å²) < 4.78 is 105. The fourth-order valence-electron chi connectivity index (χ4n) is 4.95. The van der Waals surface area contributed by atoms with Gasteiger partial charge in [-0.1, -0.05) is 18.7 Å². The molecule has 0 saturated carbocycles. The van der Waals surface area contributed by atoms with Gasteiger partial charge in [0.2, 0.25) is 15.8 Å². The molecule has 0 bridgehead atoms. The first-order valence-electron chi connectivity index (χ1n) is 12.3. The Morgan fingerprint density at radius 3 is 2.39 bits per heavy atom. The van der Waals surface area contributed by atoms with Crippen LogP contribution in [0.3, 0.4) is 0 Å². The van der Waals surface area contributed by atoms with Gasteiger partial charge < -0.3 is 9.30 Å². The minimum absolute atomic E-state index is 0.0807. The number of aromatic nitrogens is 2. The largest absolute Gasteiger partial charge is 0.376 e. The normalized spacial score (nSPS) is 21.0. The third kappa shape index (κ3) is 5.05. The van der Waals surface area contributed by atoms with Crippen molar-refractivity contribution in [3.05, 3.63) is 52.8 Å². The first-order chi connectivity index (χ1) is 18.1. The van der Waals surface area contributed by atoms with Crippen molar-refractivity contribution in [3.63, 3.8) is 0 Å². The van der Waals surface area contributed by atoms with Gasteiger partial charge in [0.15, 0.2) is 28.4 Å². The van der Waals surface area contributed by atoms with E-state index in [4.69, 9.17) is 4.74 Å². The number of sulfonamides is 1. The molecule has 0 amide bonds. The average Bonchev–Trinajstić information content (AvgIpc) is 3.54. The van der Waals surface area contributed by atoms with E-state index in [-0.39, 0.29) is 22.1 Å². The molecular formula is C25H26F5N3O3S2. The molecule has 0 N–H and O–H groups in total. The zero-order chi connectivity index (χ0) is 27.2. The molecule has 2 aromatic carbocycles. The van der Waals surface area contributed by atoms with E-state index in [2.05, 4.69) is 4.98 Å². The van der Waals surface area contributed by atoms with Crippen LogP contribution >= 0.6 is 11.8 Å². The van der Waals surface area contributed by atoms with E-state index in [1.54, 1.807) is 10.6 Å². The molecule has 0 radical (unpaired) electrons. The summed E-state index contributed by atoms with van der Waals surface area (Å²) in [5.41, 5.74) is -0.0370. The van der Waals surface area contributed by atoms with Gasteiger partial charge >= 0.3 is 0 Å². The zero-order valence-corrected chi connectivity index (χ0v) is 22.2. The minimum Gasteiger partial charge on any atom is -0.376 e. The number of imidazole rings is 1. The lowest BCUT2D eigenvalue weighted by Crippen LogP contribution is -2.39. The molecule has 38 heavy (non-hydrogen) atoms. The van der Waals surface area contributed by atoms with Crippen LogP contribution in [0, 0.1) is 35.0 Å². The molecule has 1 aromatic heterocycles. The molecule has 0 unspecified atom stereocenters. The van der Waals surface area contributed by atoms with Gasteiger partial charge in [0.25, 0.3) is 0 Å². The summed E-state index contributed by atoms with van der Waals surface area (Å²) in [5, 5.41) is 0.251. The Balaban J connectivity index is 1.51. The summed E-state index contributed by atoms with van der Waals surface area (Å²) >= 11 is 0.803.